The maximum atomic E-state index is 13.2. The minimum Gasteiger partial charge on any atom is -0.388 e. The highest BCUT2D eigenvalue weighted by atomic mass is 19.2. The van der Waals surface area contributed by atoms with E-state index in [1.807, 2.05) is 30.3 Å². The fraction of sp³-hybridized carbons (Fsp3) is 0.250. The second-order valence-corrected chi connectivity index (χ2v) is 5.16. The van der Waals surface area contributed by atoms with E-state index in [0.29, 0.717) is 0 Å². The Balaban J connectivity index is 1.80. The molecule has 1 saturated carbocycles. The van der Waals surface area contributed by atoms with Crippen LogP contribution in [0.3, 0.4) is 0 Å². The van der Waals surface area contributed by atoms with E-state index in [4.69, 9.17) is 0 Å². The smallest absolute Gasteiger partial charge is 0.194 e. The van der Waals surface area contributed by atoms with Gasteiger partial charge in [0.1, 0.15) is 0 Å². The second kappa shape index (κ2) is 4.94. The average molecular weight is 278 g/mol. The SMILES string of the molecule is OC(c1cc(F)c(F)c(F)c1)C1CC1c1ccccc1. The summed E-state index contributed by atoms with van der Waals surface area (Å²) < 4.78 is 39.3. The minimum absolute atomic E-state index is 0.0818. The lowest BCUT2D eigenvalue weighted by molar-refractivity contribution is 0.150. The molecule has 0 heterocycles. The summed E-state index contributed by atoms with van der Waals surface area (Å²) in [5.74, 6) is -3.94. The lowest BCUT2D eigenvalue weighted by Crippen LogP contribution is -2.04. The van der Waals surface area contributed by atoms with Crippen LogP contribution in [-0.2, 0) is 0 Å². The van der Waals surface area contributed by atoms with Gasteiger partial charge >= 0.3 is 0 Å². The van der Waals surface area contributed by atoms with Gasteiger partial charge in [0.05, 0.1) is 6.10 Å². The Hall–Kier alpha value is -1.81. The van der Waals surface area contributed by atoms with Crippen LogP contribution in [0.4, 0.5) is 13.2 Å². The number of aliphatic hydroxyl groups is 1. The van der Waals surface area contributed by atoms with Gasteiger partial charge in [-0.05, 0) is 41.5 Å². The maximum absolute atomic E-state index is 13.2. The third-order valence-electron chi connectivity index (χ3n) is 3.82. The van der Waals surface area contributed by atoms with Gasteiger partial charge in [-0.2, -0.15) is 0 Å². The van der Waals surface area contributed by atoms with E-state index in [0.717, 1.165) is 24.1 Å². The fourth-order valence-corrected chi connectivity index (χ4v) is 2.64. The van der Waals surface area contributed by atoms with Crippen molar-refractivity contribution in [1.29, 1.82) is 0 Å². The summed E-state index contributed by atoms with van der Waals surface area (Å²) in [6.07, 6.45) is -0.226. The van der Waals surface area contributed by atoms with Gasteiger partial charge in [-0.15, -0.1) is 0 Å². The van der Waals surface area contributed by atoms with Crippen LogP contribution in [0.25, 0.3) is 0 Å². The molecule has 2 aromatic rings. The molecule has 1 nitrogen and oxygen atoms in total. The van der Waals surface area contributed by atoms with E-state index < -0.39 is 23.6 Å². The molecule has 4 heteroatoms. The first-order valence-corrected chi connectivity index (χ1v) is 6.45. The third-order valence-corrected chi connectivity index (χ3v) is 3.82. The van der Waals surface area contributed by atoms with Gasteiger partial charge in [-0.3, -0.25) is 0 Å². The van der Waals surface area contributed by atoms with Gasteiger partial charge < -0.3 is 5.11 Å². The molecule has 20 heavy (non-hydrogen) atoms. The number of hydrogen-bond donors (Lipinski definition) is 1. The Morgan fingerprint density at radius 3 is 2.20 bits per heavy atom. The van der Waals surface area contributed by atoms with Crippen LogP contribution in [-0.4, -0.2) is 5.11 Å². The van der Waals surface area contributed by atoms with Crippen molar-refractivity contribution in [3.8, 4) is 0 Å². The van der Waals surface area contributed by atoms with Crippen molar-refractivity contribution in [3.63, 3.8) is 0 Å². The molecule has 0 saturated heterocycles. The predicted octanol–water partition coefficient (Wildman–Crippen LogP) is 3.94. The van der Waals surface area contributed by atoms with E-state index in [2.05, 4.69) is 0 Å². The lowest BCUT2D eigenvalue weighted by Gasteiger charge is -2.11. The molecular formula is C16H13F3O. The lowest BCUT2D eigenvalue weighted by atomic mass is 10.0. The van der Waals surface area contributed by atoms with Crippen LogP contribution >= 0.6 is 0 Å². The van der Waals surface area contributed by atoms with Crippen LogP contribution in [0.2, 0.25) is 0 Å². The summed E-state index contributed by atoms with van der Waals surface area (Å²) in [5, 5.41) is 10.2. The first-order valence-electron chi connectivity index (χ1n) is 6.45. The highest BCUT2D eigenvalue weighted by molar-refractivity contribution is 5.30. The van der Waals surface area contributed by atoms with Crippen molar-refractivity contribution in [3.05, 3.63) is 71.0 Å². The van der Waals surface area contributed by atoms with Gasteiger partial charge in [0, 0.05) is 0 Å². The number of halogens is 3. The van der Waals surface area contributed by atoms with Gasteiger partial charge in [0.15, 0.2) is 17.5 Å². The number of hydrogen-bond acceptors (Lipinski definition) is 1. The van der Waals surface area contributed by atoms with Crippen LogP contribution in [0.15, 0.2) is 42.5 Å². The molecule has 0 radical (unpaired) electrons. The van der Waals surface area contributed by atoms with Crippen LogP contribution in [0, 0.1) is 23.4 Å². The van der Waals surface area contributed by atoms with Crippen molar-refractivity contribution in [1.82, 2.24) is 0 Å². The van der Waals surface area contributed by atoms with Crippen molar-refractivity contribution >= 4 is 0 Å². The Labute approximate surface area is 114 Å². The van der Waals surface area contributed by atoms with Gasteiger partial charge in [0.25, 0.3) is 0 Å². The summed E-state index contributed by atoms with van der Waals surface area (Å²) in [4.78, 5) is 0. The summed E-state index contributed by atoms with van der Waals surface area (Å²) in [6.45, 7) is 0. The van der Waals surface area contributed by atoms with E-state index in [1.165, 1.54) is 0 Å². The van der Waals surface area contributed by atoms with E-state index >= 15 is 0 Å². The molecule has 3 atom stereocenters. The van der Waals surface area contributed by atoms with Crippen LogP contribution < -0.4 is 0 Å². The standard InChI is InChI=1S/C16H13F3O/c17-13-6-10(7-14(18)15(13)19)16(20)12-8-11(12)9-4-2-1-3-5-9/h1-7,11-12,16,20H,8H2. The molecule has 0 spiro atoms. The maximum Gasteiger partial charge on any atom is 0.194 e. The van der Waals surface area contributed by atoms with Crippen molar-refractivity contribution in [2.45, 2.75) is 18.4 Å². The third kappa shape index (κ3) is 2.31. The average Bonchev–Trinajstić information content (AvgIpc) is 3.25. The Morgan fingerprint density at radius 1 is 1.00 bits per heavy atom. The van der Waals surface area contributed by atoms with Crippen LogP contribution in [0.5, 0.6) is 0 Å². The molecule has 0 aliphatic heterocycles. The fourth-order valence-electron chi connectivity index (χ4n) is 2.64. The number of aliphatic hydroxyl groups excluding tert-OH is 1. The first-order chi connectivity index (χ1) is 9.58. The normalized spacial score (nSPS) is 22.6. The highest BCUT2D eigenvalue weighted by Crippen LogP contribution is 2.54. The van der Waals surface area contributed by atoms with E-state index in [-0.39, 0.29) is 17.4 Å². The second-order valence-electron chi connectivity index (χ2n) is 5.16. The molecule has 3 rings (SSSR count). The molecule has 1 fully saturated rings. The first kappa shape index (κ1) is 13.2. The predicted molar refractivity (Wildman–Crippen MR) is 68.6 cm³/mol. The zero-order chi connectivity index (χ0) is 14.3. The highest BCUT2D eigenvalue weighted by Gasteiger charge is 2.44. The Morgan fingerprint density at radius 2 is 1.60 bits per heavy atom. The summed E-state index contributed by atoms with van der Waals surface area (Å²) in [5.41, 5.74) is 1.18. The van der Waals surface area contributed by atoms with Crippen molar-refractivity contribution in [2.75, 3.05) is 0 Å². The molecular weight excluding hydrogens is 265 g/mol. The molecule has 1 N–H and O–H groups in total. The number of benzene rings is 2. The molecule has 104 valence electrons. The molecule has 0 aromatic heterocycles. The van der Waals surface area contributed by atoms with Crippen molar-refractivity contribution < 1.29 is 18.3 Å². The molecule has 2 aromatic carbocycles. The number of rotatable bonds is 3. The van der Waals surface area contributed by atoms with Gasteiger partial charge in [0.2, 0.25) is 0 Å². The largest absolute Gasteiger partial charge is 0.388 e. The monoisotopic (exact) mass is 278 g/mol. The van der Waals surface area contributed by atoms with E-state index in [1.54, 1.807) is 0 Å². The van der Waals surface area contributed by atoms with Crippen LogP contribution in [0.1, 0.15) is 29.6 Å². The van der Waals surface area contributed by atoms with Gasteiger partial charge in [-0.1, -0.05) is 30.3 Å². The molecule has 0 amide bonds. The molecule has 0 bridgehead atoms. The summed E-state index contributed by atoms with van der Waals surface area (Å²) >= 11 is 0. The van der Waals surface area contributed by atoms with E-state index in [9.17, 15) is 18.3 Å². The summed E-state index contributed by atoms with van der Waals surface area (Å²) in [6, 6.07) is 11.4. The topological polar surface area (TPSA) is 20.2 Å². The Kier molecular flexibility index (Phi) is 3.26. The molecule has 3 unspecified atom stereocenters. The van der Waals surface area contributed by atoms with Crippen molar-refractivity contribution in [2.24, 2.45) is 5.92 Å². The molecule has 1 aliphatic carbocycles. The quantitative estimate of drug-likeness (QED) is 0.843. The Bertz CT molecular complexity index is 604. The zero-order valence-corrected chi connectivity index (χ0v) is 10.6. The zero-order valence-electron chi connectivity index (χ0n) is 10.6. The van der Waals surface area contributed by atoms with Gasteiger partial charge in [-0.25, -0.2) is 13.2 Å². The molecule has 1 aliphatic rings. The summed E-state index contributed by atoms with van der Waals surface area (Å²) in [7, 11) is 0. The minimum atomic E-state index is -1.50.